The minimum Gasteiger partial charge on any atom is -0.464 e. The van der Waals surface area contributed by atoms with E-state index >= 15 is 0 Å². The van der Waals surface area contributed by atoms with E-state index in [0.29, 0.717) is 11.4 Å². The zero-order chi connectivity index (χ0) is 8.97. The highest BCUT2D eigenvalue weighted by Gasteiger charge is 2.01. The maximum Gasteiger partial charge on any atom is 0.209 e. The summed E-state index contributed by atoms with van der Waals surface area (Å²) in [6.45, 7) is 0.0738. The molecule has 1 atom stereocenters. The molecule has 0 aliphatic heterocycles. The van der Waals surface area contributed by atoms with E-state index in [0.717, 1.165) is 0 Å². The van der Waals surface area contributed by atoms with E-state index in [9.17, 15) is 0 Å². The standard InChI is InChI=1S/C8H12N2O2/c9-5-8(11)12-7-3-1-6(10)2-4-7/h1-4,8,11H,5,9-10H2. The number of aliphatic hydroxyl groups is 1. The molecule has 0 amide bonds. The van der Waals surface area contributed by atoms with Crippen LogP contribution in [0.4, 0.5) is 5.69 Å². The molecule has 1 aromatic carbocycles. The molecule has 0 radical (unpaired) electrons. The van der Waals surface area contributed by atoms with E-state index in [4.69, 9.17) is 21.3 Å². The molecular formula is C8H12N2O2. The van der Waals surface area contributed by atoms with Crippen molar-refractivity contribution in [3.63, 3.8) is 0 Å². The minimum absolute atomic E-state index is 0.0738. The highest BCUT2D eigenvalue weighted by atomic mass is 16.6. The third kappa shape index (κ3) is 2.41. The van der Waals surface area contributed by atoms with E-state index in [1.165, 1.54) is 0 Å². The highest BCUT2D eigenvalue weighted by Crippen LogP contribution is 2.13. The lowest BCUT2D eigenvalue weighted by Crippen LogP contribution is -2.25. The molecule has 4 heteroatoms. The van der Waals surface area contributed by atoms with Gasteiger partial charge < -0.3 is 21.3 Å². The van der Waals surface area contributed by atoms with Crippen LogP contribution in [0, 0.1) is 0 Å². The zero-order valence-electron chi connectivity index (χ0n) is 6.60. The van der Waals surface area contributed by atoms with Crippen molar-refractivity contribution in [3.8, 4) is 5.75 Å². The SMILES string of the molecule is NCC(O)Oc1ccc(N)cc1. The first-order valence-corrected chi connectivity index (χ1v) is 3.62. The van der Waals surface area contributed by atoms with Crippen molar-refractivity contribution in [3.05, 3.63) is 24.3 Å². The van der Waals surface area contributed by atoms with Crippen molar-refractivity contribution in [2.45, 2.75) is 6.29 Å². The minimum atomic E-state index is -0.950. The topological polar surface area (TPSA) is 81.5 Å². The predicted molar refractivity (Wildman–Crippen MR) is 46.5 cm³/mol. The molecule has 0 saturated carbocycles. The van der Waals surface area contributed by atoms with E-state index in [-0.39, 0.29) is 6.54 Å². The summed E-state index contributed by atoms with van der Waals surface area (Å²) in [5.74, 6) is 0.558. The van der Waals surface area contributed by atoms with Gasteiger partial charge in [0.05, 0.1) is 6.54 Å². The Hall–Kier alpha value is -1.26. The van der Waals surface area contributed by atoms with Crippen LogP contribution < -0.4 is 16.2 Å². The molecule has 0 aliphatic rings. The van der Waals surface area contributed by atoms with E-state index in [2.05, 4.69) is 0 Å². The maximum absolute atomic E-state index is 9.00. The van der Waals surface area contributed by atoms with Crippen molar-refractivity contribution in [1.82, 2.24) is 0 Å². The Balaban J connectivity index is 2.58. The molecule has 66 valence electrons. The van der Waals surface area contributed by atoms with Crippen LogP contribution in [0.25, 0.3) is 0 Å². The molecule has 4 nitrogen and oxygen atoms in total. The van der Waals surface area contributed by atoms with Crippen LogP contribution in [0.3, 0.4) is 0 Å². The van der Waals surface area contributed by atoms with E-state index in [1.54, 1.807) is 24.3 Å². The van der Waals surface area contributed by atoms with Crippen LogP contribution in [0.15, 0.2) is 24.3 Å². The number of nitrogens with two attached hydrogens (primary N) is 2. The molecule has 12 heavy (non-hydrogen) atoms. The smallest absolute Gasteiger partial charge is 0.209 e. The number of benzene rings is 1. The molecule has 0 saturated heterocycles. The highest BCUT2D eigenvalue weighted by molar-refractivity contribution is 5.41. The van der Waals surface area contributed by atoms with Crippen LogP contribution in [0.2, 0.25) is 0 Å². The van der Waals surface area contributed by atoms with Gasteiger partial charge in [-0.05, 0) is 24.3 Å². The molecule has 0 heterocycles. The summed E-state index contributed by atoms with van der Waals surface area (Å²) in [5, 5.41) is 9.00. The molecule has 0 fully saturated rings. The summed E-state index contributed by atoms with van der Waals surface area (Å²) in [7, 11) is 0. The van der Waals surface area contributed by atoms with Crippen LogP contribution in [0.5, 0.6) is 5.75 Å². The number of nitrogen functional groups attached to an aromatic ring is 1. The van der Waals surface area contributed by atoms with Gasteiger partial charge in [-0.25, -0.2) is 0 Å². The fourth-order valence-corrected chi connectivity index (χ4v) is 0.752. The summed E-state index contributed by atoms with van der Waals surface area (Å²) in [6.07, 6.45) is -0.950. The Bertz CT molecular complexity index is 235. The Morgan fingerprint density at radius 3 is 2.42 bits per heavy atom. The number of aliphatic hydroxyl groups excluding tert-OH is 1. The first-order valence-electron chi connectivity index (χ1n) is 3.62. The second-order valence-corrected chi connectivity index (χ2v) is 2.38. The van der Waals surface area contributed by atoms with Gasteiger partial charge in [0.1, 0.15) is 5.75 Å². The average molecular weight is 168 g/mol. The molecule has 1 unspecified atom stereocenters. The van der Waals surface area contributed by atoms with Gasteiger partial charge in [-0.3, -0.25) is 0 Å². The summed E-state index contributed by atoms with van der Waals surface area (Å²) in [4.78, 5) is 0. The predicted octanol–water partition coefficient (Wildman–Crippen LogP) is -0.0753. The van der Waals surface area contributed by atoms with Gasteiger partial charge in [-0.2, -0.15) is 0 Å². The lowest BCUT2D eigenvalue weighted by atomic mass is 10.3. The third-order valence-corrected chi connectivity index (χ3v) is 1.35. The van der Waals surface area contributed by atoms with Gasteiger partial charge >= 0.3 is 0 Å². The number of hydrogen-bond donors (Lipinski definition) is 3. The Morgan fingerprint density at radius 1 is 1.33 bits per heavy atom. The fourth-order valence-electron chi connectivity index (χ4n) is 0.752. The molecule has 0 spiro atoms. The van der Waals surface area contributed by atoms with Crippen LogP contribution in [0.1, 0.15) is 0 Å². The monoisotopic (exact) mass is 168 g/mol. The van der Waals surface area contributed by atoms with Crippen molar-refractivity contribution >= 4 is 5.69 Å². The fraction of sp³-hybridized carbons (Fsp3) is 0.250. The second-order valence-electron chi connectivity index (χ2n) is 2.38. The summed E-state index contributed by atoms with van der Waals surface area (Å²) < 4.78 is 4.99. The van der Waals surface area contributed by atoms with Gasteiger partial charge in [-0.1, -0.05) is 0 Å². The Kier molecular flexibility index (Phi) is 2.90. The second kappa shape index (κ2) is 3.94. The zero-order valence-corrected chi connectivity index (χ0v) is 6.60. The van der Waals surface area contributed by atoms with E-state index < -0.39 is 6.29 Å². The third-order valence-electron chi connectivity index (χ3n) is 1.35. The van der Waals surface area contributed by atoms with Crippen LogP contribution in [-0.4, -0.2) is 17.9 Å². The van der Waals surface area contributed by atoms with Crippen molar-refractivity contribution in [2.75, 3.05) is 12.3 Å². The average Bonchev–Trinajstić information content (AvgIpc) is 2.09. The first kappa shape index (κ1) is 8.83. The lowest BCUT2D eigenvalue weighted by molar-refractivity contribution is -0.00856. The first-order chi connectivity index (χ1) is 5.72. The molecule has 5 N–H and O–H groups in total. The Morgan fingerprint density at radius 2 is 1.92 bits per heavy atom. The van der Waals surface area contributed by atoms with Crippen molar-refractivity contribution in [2.24, 2.45) is 5.73 Å². The normalized spacial score (nSPS) is 12.5. The maximum atomic E-state index is 9.00. The summed E-state index contributed by atoms with van der Waals surface area (Å²) in [5.41, 5.74) is 11.3. The molecule has 0 bridgehead atoms. The van der Waals surface area contributed by atoms with Gasteiger partial charge in [0.15, 0.2) is 0 Å². The van der Waals surface area contributed by atoms with Gasteiger partial charge in [0.2, 0.25) is 6.29 Å². The van der Waals surface area contributed by atoms with Crippen molar-refractivity contribution < 1.29 is 9.84 Å². The number of anilines is 1. The van der Waals surface area contributed by atoms with Crippen LogP contribution in [-0.2, 0) is 0 Å². The van der Waals surface area contributed by atoms with E-state index in [1.807, 2.05) is 0 Å². The largest absolute Gasteiger partial charge is 0.464 e. The molecular weight excluding hydrogens is 156 g/mol. The van der Waals surface area contributed by atoms with Crippen molar-refractivity contribution in [1.29, 1.82) is 0 Å². The van der Waals surface area contributed by atoms with Crippen LogP contribution >= 0.6 is 0 Å². The summed E-state index contributed by atoms with van der Waals surface area (Å²) >= 11 is 0. The molecule has 1 rings (SSSR count). The molecule has 1 aromatic rings. The van der Waals surface area contributed by atoms with Gasteiger partial charge in [-0.15, -0.1) is 0 Å². The lowest BCUT2D eigenvalue weighted by Gasteiger charge is -2.10. The number of ether oxygens (including phenoxy) is 1. The number of hydrogen-bond acceptors (Lipinski definition) is 4. The molecule has 0 aliphatic carbocycles. The van der Waals surface area contributed by atoms with Gasteiger partial charge in [0.25, 0.3) is 0 Å². The quantitative estimate of drug-likeness (QED) is 0.435. The number of rotatable bonds is 3. The summed E-state index contributed by atoms with van der Waals surface area (Å²) in [6, 6.07) is 6.74. The molecule has 0 aromatic heterocycles. The van der Waals surface area contributed by atoms with Gasteiger partial charge in [0, 0.05) is 5.69 Å². The Labute approximate surface area is 70.7 Å².